The minimum atomic E-state index is -0.323. The molecule has 1 aromatic carbocycles. The predicted octanol–water partition coefficient (Wildman–Crippen LogP) is 3.78. The van der Waals surface area contributed by atoms with Crippen LogP contribution in [0.15, 0.2) is 42.0 Å². The molecule has 0 saturated carbocycles. The number of piperazine rings is 1. The van der Waals surface area contributed by atoms with Crippen LogP contribution in [0.1, 0.15) is 18.5 Å². The van der Waals surface area contributed by atoms with E-state index in [1.54, 1.807) is 17.5 Å². The Morgan fingerprint density at radius 2 is 1.96 bits per heavy atom. The molecule has 1 atom stereocenters. The van der Waals surface area contributed by atoms with E-state index >= 15 is 0 Å². The number of aromatic nitrogens is 2. The third kappa shape index (κ3) is 3.25. The minimum absolute atomic E-state index is 0.323. The van der Waals surface area contributed by atoms with Gasteiger partial charge in [0.25, 0.3) is 0 Å². The van der Waals surface area contributed by atoms with Gasteiger partial charge in [-0.1, -0.05) is 6.08 Å². The fourth-order valence-electron chi connectivity index (χ4n) is 4.24. The number of anilines is 2. The molecule has 0 radical (unpaired) electrons. The standard InChI is InChI=1S/C21H22FN5S/c22-16-9-15-13-25-20(12-18(15)19(23)11-16)14-1-2-17(10-14)26-4-6-27(7-5-26)21-24-3-8-28-21/h3,8-13,17H,1-2,4-7,23H2/t17-/m1/s1. The van der Waals surface area contributed by atoms with Crippen LogP contribution in [0, 0.1) is 5.82 Å². The summed E-state index contributed by atoms with van der Waals surface area (Å²) >= 11 is 1.71. The number of nitrogen functional groups attached to an aromatic ring is 1. The molecule has 5 rings (SSSR count). The second-order valence-electron chi connectivity index (χ2n) is 7.42. The molecule has 144 valence electrons. The lowest BCUT2D eigenvalue weighted by molar-refractivity contribution is 0.214. The summed E-state index contributed by atoms with van der Waals surface area (Å²) in [6, 6.07) is 5.31. The van der Waals surface area contributed by atoms with Gasteiger partial charge in [0.1, 0.15) is 5.82 Å². The second-order valence-corrected chi connectivity index (χ2v) is 8.29. The number of allylic oxidation sites excluding steroid dienone is 1. The van der Waals surface area contributed by atoms with Gasteiger partial charge in [0.15, 0.2) is 5.13 Å². The first kappa shape index (κ1) is 17.6. The van der Waals surface area contributed by atoms with Gasteiger partial charge in [0.05, 0.1) is 5.69 Å². The van der Waals surface area contributed by atoms with E-state index in [0.29, 0.717) is 11.7 Å². The summed E-state index contributed by atoms with van der Waals surface area (Å²) < 4.78 is 13.5. The third-order valence-corrected chi connectivity index (χ3v) is 6.57. The topological polar surface area (TPSA) is 58.3 Å². The molecular formula is C21H22FN5S. The van der Waals surface area contributed by atoms with Crippen molar-refractivity contribution in [1.82, 2.24) is 14.9 Å². The monoisotopic (exact) mass is 395 g/mol. The van der Waals surface area contributed by atoms with Crippen LogP contribution < -0.4 is 10.6 Å². The van der Waals surface area contributed by atoms with Crippen LogP contribution in [0.2, 0.25) is 0 Å². The molecule has 0 unspecified atom stereocenters. The number of pyridine rings is 1. The van der Waals surface area contributed by atoms with Gasteiger partial charge in [-0.2, -0.15) is 0 Å². The van der Waals surface area contributed by atoms with E-state index in [2.05, 4.69) is 25.8 Å². The van der Waals surface area contributed by atoms with Crippen molar-refractivity contribution in [2.24, 2.45) is 0 Å². The van der Waals surface area contributed by atoms with Crippen molar-refractivity contribution < 1.29 is 4.39 Å². The number of halogens is 1. The van der Waals surface area contributed by atoms with Crippen molar-refractivity contribution in [1.29, 1.82) is 0 Å². The number of hydrogen-bond acceptors (Lipinski definition) is 6. The number of nitrogens with zero attached hydrogens (tertiary/aromatic N) is 4. The van der Waals surface area contributed by atoms with Crippen molar-refractivity contribution in [3.8, 4) is 0 Å². The van der Waals surface area contributed by atoms with E-state index in [9.17, 15) is 4.39 Å². The summed E-state index contributed by atoms with van der Waals surface area (Å²) in [5.41, 5.74) is 8.70. The van der Waals surface area contributed by atoms with E-state index in [4.69, 9.17) is 5.73 Å². The van der Waals surface area contributed by atoms with Gasteiger partial charge in [-0.3, -0.25) is 9.88 Å². The zero-order chi connectivity index (χ0) is 19.1. The smallest absolute Gasteiger partial charge is 0.185 e. The molecule has 2 aromatic heterocycles. The third-order valence-electron chi connectivity index (χ3n) is 5.74. The number of hydrogen-bond donors (Lipinski definition) is 1. The highest BCUT2D eigenvalue weighted by Crippen LogP contribution is 2.33. The zero-order valence-electron chi connectivity index (χ0n) is 15.5. The summed E-state index contributed by atoms with van der Waals surface area (Å²) in [7, 11) is 0. The summed E-state index contributed by atoms with van der Waals surface area (Å²) in [4.78, 5) is 13.9. The van der Waals surface area contributed by atoms with Crippen LogP contribution in [0.3, 0.4) is 0 Å². The Kier molecular flexibility index (Phi) is 4.49. The molecule has 28 heavy (non-hydrogen) atoms. The highest BCUT2D eigenvalue weighted by atomic mass is 32.1. The van der Waals surface area contributed by atoms with E-state index < -0.39 is 0 Å². The Morgan fingerprint density at radius 3 is 2.75 bits per heavy atom. The normalized spacial score (nSPS) is 20.7. The molecule has 1 saturated heterocycles. The number of rotatable bonds is 3. The van der Waals surface area contributed by atoms with Crippen molar-refractivity contribution in [2.45, 2.75) is 18.9 Å². The van der Waals surface area contributed by atoms with Gasteiger partial charge in [0.2, 0.25) is 0 Å². The maximum absolute atomic E-state index is 13.5. The predicted molar refractivity (Wildman–Crippen MR) is 113 cm³/mol. The Balaban J connectivity index is 1.32. The van der Waals surface area contributed by atoms with Gasteiger partial charge in [0, 0.05) is 66.5 Å². The molecule has 1 aliphatic heterocycles. The lowest BCUT2D eigenvalue weighted by atomic mass is 10.1. The molecule has 0 bridgehead atoms. The van der Waals surface area contributed by atoms with Crippen molar-refractivity contribution >= 4 is 38.5 Å². The molecule has 2 N–H and O–H groups in total. The highest BCUT2D eigenvalue weighted by molar-refractivity contribution is 7.13. The second kappa shape index (κ2) is 7.14. The van der Waals surface area contributed by atoms with Crippen LogP contribution >= 0.6 is 11.3 Å². The quantitative estimate of drug-likeness (QED) is 0.684. The Bertz CT molecular complexity index is 1020. The molecule has 2 aliphatic rings. The number of fused-ring (bicyclic) bond motifs is 1. The molecule has 3 heterocycles. The summed E-state index contributed by atoms with van der Waals surface area (Å²) in [5, 5.41) is 4.77. The first-order valence-electron chi connectivity index (χ1n) is 9.62. The first-order chi connectivity index (χ1) is 13.7. The lowest BCUT2D eigenvalue weighted by Crippen LogP contribution is -2.49. The maximum Gasteiger partial charge on any atom is 0.185 e. The Morgan fingerprint density at radius 1 is 1.11 bits per heavy atom. The van der Waals surface area contributed by atoms with Crippen molar-refractivity contribution in [3.05, 3.63) is 53.6 Å². The molecule has 0 spiro atoms. The summed E-state index contributed by atoms with van der Waals surface area (Å²) in [6.45, 7) is 4.13. The van der Waals surface area contributed by atoms with Gasteiger partial charge in [-0.25, -0.2) is 9.37 Å². The largest absolute Gasteiger partial charge is 0.398 e. The average molecular weight is 396 g/mol. The SMILES string of the molecule is Nc1cc(F)cc2cnc(C3=C[C@H](N4CCN(c5nccs5)CC4)CC3)cc12. The average Bonchev–Trinajstić information content (AvgIpc) is 3.40. The fourth-order valence-corrected chi connectivity index (χ4v) is 4.94. The van der Waals surface area contributed by atoms with Gasteiger partial charge >= 0.3 is 0 Å². The molecule has 1 fully saturated rings. The van der Waals surface area contributed by atoms with E-state index in [-0.39, 0.29) is 5.82 Å². The first-order valence-corrected chi connectivity index (χ1v) is 10.5. The number of nitrogens with two attached hydrogens (primary N) is 1. The van der Waals surface area contributed by atoms with Gasteiger partial charge < -0.3 is 10.6 Å². The highest BCUT2D eigenvalue weighted by Gasteiger charge is 2.27. The Hall–Kier alpha value is -2.51. The van der Waals surface area contributed by atoms with E-state index in [1.165, 1.54) is 17.7 Å². The Labute approximate surface area is 167 Å². The molecule has 0 amide bonds. The minimum Gasteiger partial charge on any atom is -0.398 e. The van der Waals surface area contributed by atoms with Crippen molar-refractivity contribution in [2.75, 3.05) is 36.8 Å². The number of thiazole rings is 1. The van der Waals surface area contributed by atoms with Gasteiger partial charge in [-0.15, -0.1) is 11.3 Å². The van der Waals surface area contributed by atoms with Crippen LogP contribution in [-0.4, -0.2) is 47.1 Å². The van der Waals surface area contributed by atoms with Crippen LogP contribution in [0.25, 0.3) is 16.3 Å². The van der Waals surface area contributed by atoms with Crippen LogP contribution in [0.5, 0.6) is 0 Å². The molecular weight excluding hydrogens is 373 g/mol. The fraction of sp³-hybridized carbons (Fsp3) is 0.333. The molecule has 7 heteroatoms. The van der Waals surface area contributed by atoms with E-state index in [0.717, 1.165) is 60.6 Å². The number of benzene rings is 1. The molecule has 3 aromatic rings. The summed E-state index contributed by atoms with van der Waals surface area (Å²) in [6.07, 6.45) is 8.08. The van der Waals surface area contributed by atoms with Gasteiger partial charge in [-0.05, 0) is 36.6 Å². The van der Waals surface area contributed by atoms with Crippen LogP contribution in [0.4, 0.5) is 15.2 Å². The van der Waals surface area contributed by atoms with E-state index in [1.807, 2.05) is 17.6 Å². The zero-order valence-corrected chi connectivity index (χ0v) is 16.3. The maximum atomic E-state index is 13.5. The lowest BCUT2D eigenvalue weighted by Gasteiger charge is -2.37. The molecule has 1 aliphatic carbocycles. The summed E-state index contributed by atoms with van der Waals surface area (Å²) in [5.74, 6) is -0.323. The molecule has 5 nitrogen and oxygen atoms in total. The van der Waals surface area contributed by atoms with Crippen LogP contribution in [-0.2, 0) is 0 Å². The van der Waals surface area contributed by atoms with Crippen molar-refractivity contribution in [3.63, 3.8) is 0 Å².